The predicted octanol–water partition coefficient (Wildman–Crippen LogP) is 4.05. The van der Waals surface area contributed by atoms with E-state index in [9.17, 15) is 9.59 Å². The molecule has 0 radical (unpaired) electrons. The number of methoxy groups -OCH3 is 1. The van der Waals surface area contributed by atoms with Crippen molar-refractivity contribution in [2.75, 3.05) is 13.7 Å². The summed E-state index contributed by atoms with van der Waals surface area (Å²) in [6.45, 7) is 0.274. The van der Waals surface area contributed by atoms with E-state index in [-0.39, 0.29) is 36.5 Å². The average Bonchev–Trinajstić information content (AvgIpc) is 3.48. The minimum Gasteiger partial charge on any atom is -0.496 e. The third kappa shape index (κ3) is 4.71. The second-order valence-electron chi connectivity index (χ2n) is 6.88. The van der Waals surface area contributed by atoms with Gasteiger partial charge in [-0.1, -0.05) is 23.7 Å². The van der Waals surface area contributed by atoms with Gasteiger partial charge in [-0.05, 0) is 54.7 Å². The number of benzene rings is 2. The van der Waals surface area contributed by atoms with Crippen LogP contribution in [0.25, 0.3) is 0 Å². The van der Waals surface area contributed by atoms with Gasteiger partial charge in [-0.25, -0.2) is 0 Å². The molecule has 2 aromatic rings. The first kappa shape index (κ1) is 19.9. The molecule has 1 N–H and O–H groups in total. The van der Waals surface area contributed by atoms with Crippen molar-refractivity contribution in [1.29, 1.82) is 5.26 Å². The Labute approximate surface area is 169 Å². The number of rotatable bonds is 8. The number of nitrogens with zero attached hydrogens (tertiary/aromatic N) is 1. The highest BCUT2D eigenvalue weighted by Crippen LogP contribution is 2.44. The van der Waals surface area contributed by atoms with E-state index < -0.39 is 0 Å². The molecule has 0 aromatic heterocycles. The normalized spacial score (nSPS) is 17.5. The summed E-state index contributed by atoms with van der Waals surface area (Å²) in [6.07, 6.45) is 1.88. The Bertz CT molecular complexity index is 918. The van der Waals surface area contributed by atoms with Gasteiger partial charge in [0.1, 0.15) is 5.75 Å². The third-order valence-corrected chi connectivity index (χ3v) is 5.17. The lowest BCUT2D eigenvalue weighted by molar-refractivity contribution is 0.0954. The van der Waals surface area contributed by atoms with Crippen LogP contribution in [0.2, 0.25) is 5.02 Å². The van der Waals surface area contributed by atoms with Crippen molar-refractivity contribution < 1.29 is 14.3 Å². The standard InChI is InChI=1S/C22H21ClN2O3/c1-28-20-8-5-15(22(27)25-10-2-9-24)12-19(20)21(26)18-13-16(18)11-14-3-6-17(23)7-4-14/h3-8,12,16,18H,2,10-11,13H2,1H3,(H,25,27). The Hall–Kier alpha value is -2.84. The highest BCUT2D eigenvalue weighted by Gasteiger charge is 2.43. The molecule has 2 unspecified atom stereocenters. The van der Waals surface area contributed by atoms with E-state index >= 15 is 0 Å². The van der Waals surface area contributed by atoms with Gasteiger partial charge in [-0.3, -0.25) is 9.59 Å². The molecule has 0 aliphatic heterocycles. The lowest BCUT2D eigenvalue weighted by Crippen LogP contribution is -2.24. The van der Waals surface area contributed by atoms with Crippen LogP contribution in [-0.4, -0.2) is 25.3 Å². The Balaban J connectivity index is 1.70. The summed E-state index contributed by atoms with van der Waals surface area (Å²) in [7, 11) is 1.51. The van der Waals surface area contributed by atoms with Crippen molar-refractivity contribution in [2.24, 2.45) is 11.8 Å². The van der Waals surface area contributed by atoms with E-state index in [0.717, 1.165) is 18.4 Å². The summed E-state index contributed by atoms with van der Waals surface area (Å²) in [5, 5.41) is 11.9. The first-order valence-electron chi connectivity index (χ1n) is 9.15. The van der Waals surface area contributed by atoms with Crippen molar-refractivity contribution in [2.45, 2.75) is 19.3 Å². The average molecular weight is 397 g/mol. The van der Waals surface area contributed by atoms with Gasteiger partial charge in [0.05, 0.1) is 25.2 Å². The molecule has 1 aliphatic rings. The molecule has 6 heteroatoms. The maximum Gasteiger partial charge on any atom is 0.251 e. The molecule has 2 aromatic carbocycles. The number of carbonyl (C=O) groups excluding carboxylic acids is 2. The molecule has 3 rings (SSSR count). The van der Waals surface area contributed by atoms with E-state index in [2.05, 4.69) is 5.32 Å². The monoisotopic (exact) mass is 396 g/mol. The van der Waals surface area contributed by atoms with Gasteiger partial charge in [-0.2, -0.15) is 5.26 Å². The maximum atomic E-state index is 13.0. The van der Waals surface area contributed by atoms with Crippen LogP contribution in [0.5, 0.6) is 5.75 Å². The molecule has 2 atom stereocenters. The molecule has 1 aliphatic carbocycles. The molecule has 5 nitrogen and oxygen atoms in total. The predicted molar refractivity (Wildman–Crippen MR) is 107 cm³/mol. The van der Waals surface area contributed by atoms with Crippen LogP contribution in [0, 0.1) is 23.2 Å². The molecule has 1 saturated carbocycles. The zero-order valence-corrected chi connectivity index (χ0v) is 16.3. The minimum absolute atomic E-state index is 0.00230. The lowest BCUT2D eigenvalue weighted by atomic mass is 9.99. The minimum atomic E-state index is -0.305. The van der Waals surface area contributed by atoms with Crippen LogP contribution >= 0.6 is 11.6 Å². The molecule has 0 spiro atoms. The fourth-order valence-electron chi connectivity index (χ4n) is 3.29. The quantitative estimate of drug-likeness (QED) is 0.539. The molecule has 0 heterocycles. The smallest absolute Gasteiger partial charge is 0.251 e. The number of nitrogens with one attached hydrogen (secondary N) is 1. The number of hydrogen-bond acceptors (Lipinski definition) is 4. The fraction of sp³-hybridized carbons (Fsp3) is 0.318. The highest BCUT2D eigenvalue weighted by atomic mass is 35.5. The van der Waals surface area contributed by atoms with E-state index in [1.807, 2.05) is 30.3 Å². The Morgan fingerprint density at radius 2 is 2.00 bits per heavy atom. The molecule has 28 heavy (non-hydrogen) atoms. The maximum absolute atomic E-state index is 13.0. The molecule has 1 amide bonds. The van der Waals surface area contributed by atoms with Gasteiger partial charge in [0.25, 0.3) is 5.91 Å². The van der Waals surface area contributed by atoms with E-state index in [1.165, 1.54) is 7.11 Å². The van der Waals surface area contributed by atoms with Gasteiger partial charge >= 0.3 is 0 Å². The largest absolute Gasteiger partial charge is 0.496 e. The number of Topliss-reactive ketones (excluding diaryl/α,β-unsaturated/α-hetero) is 1. The van der Waals surface area contributed by atoms with Gasteiger partial charge in [-0.15, -0.1) is 0 Å². The summed E-state index contributed by atoms with van der Waals surface area (Å²) in [6, 6.07) is 14.5. The number of hydrogen-bond donors (Lipinski definition) is 1. The number of nitriles is 1. The number of ether oxygens (including phenoxy) is 1. The zero-order chi connectivity index (χ0) is 20.1. The molecule has 1 fully saturated rings. The Morgan fingerprint density at radius 1 is 1.25 bits per heavy atom. The van der Waals surface area contributed by atoms with Gasteiger partial charge in [0.2, 0.25) is 0 Å². The zero-order valence-electron chi connectivity index (χ0n) is 15.6. The molecular formula is C22H21ClN2O3. The fourth-order valence-corrected chi connectivity index (χ4v) is 3.42. The van der Waals surface area contributed by atoms with Gasteiger partial charge < -0.3 is 10.1 Å². The van der Waals surface area contributed by atoms with Crippen LogP contribution < -0.4 is 10.1 Å². The van der Waals surface area contributed by atoms with Crippen LogP contribution in [0.4, 0.5) is 0 Å². The number of ketones is 1. The van der Waals surface area contributed by atoms with Crippen molar-refractivity contribution in [3.63, 3.8) is 0 Å². The topological polar surface area (TPSA) is 79.2 Å². The first-order chi connectivity index (χ1) is 13.5. The molecule has 144 valence electrons. The molecule has 0 bridgehead atoms. The van der Waals surface area contributed by atoms with Crippen molar-refractivity contribution in [3.05, 3.63) is 64.2 Å². The van der Waals surface area contributed by atoms with E-state index in [0.29, 0.717) is 21.9 Å². The van der Waals surface area contributed by atoms with E-state index in [4.69, 9.17) is 21.6 Å². The second kappa shape index (κ2) is 8.90. The van der Waals surface area contributed by atoms with Crippen molar-refractivity contribution >= 4 is 23.3 Å². The molecular weight excluding hydrogens is 376 g/mol. The highest BCUT2D eigenvalue weighted by molar-refractivity contribution is 6.30. The number of amides is 1. The summed E-state index contributed by atoms with van der Waals surface area (Å²) < 4.78 is 5.33. The van der Waals surface area contributed by atoms with Crippen molar-refractivity contribution in [3.8, 4) is 11.8 Å². The third-order valence-electron chi connectivity index (χ3n) is 4.92. The van der Waals surface area contributed by atoms with Crippen LogP contribution in [0.15, 0.2) is 42.5 Å². The summed E-state index contributed by atoms with van der Waals surface area (Å²) >= 11 is 5.92. The van der Waals surface area contributed by atoms with Crippen molar-refractivity contribution in [1.82, 2.24) is 5.32 Å². The SMILES string of the molecule is COc1ccc(C(=O)NCCC#N)cc1C(=O)C1CC1Cc1ccc(Cl)cc1. The Morgan fingerprint density at radius 3 is 2.68 bits per heavy atom. The number of halogens is 1. The Kier molecular flexibility index (Phi) is 6.33. The first-order valence-corrected chi connectivity index (χ1v) is 9.53. The molecule has 0 saturated heterocycles. The summed E-state index contributed by atoms with van der Waals surface area (Å²) in [4.78, 5) is 25.2. The lowest BCUT2D eigenvalue weighted by Gasteiger charge is -2.10. The van der Waals surface area contributed by atoms with Gasteiger partial charge in [0.15, 0.2) is 5.78 Å². The van der Waals surface area contributed by atoms with E-state index in [1.54, 1.807) is 18.2 Å². The van der Waals surface area contributed by atoms with Crippen LogP contribution in [-0.2, 0) is 6.42 Å². The summed E-state index contributed by atoms with van der Waals surface area (Å²) in [5.74, 6) is 0.381. The number of carbonyl (C=O) groups is 2. The van der Waals surface area contributed by atoms with Crippen LogP contribution in [0.1, 0.15) is 39.1 Å². The van der Waals surface area contributed by atoms with Gasteiger partial charge in [0, 0.05) is 23.0 Å². The summed E-state index contributed by atoms with van der Waals surface area (Å²) in [5.41, 5.74) is 1.97. The van der Waals surface area contributed by atoms with Crippen LogP contribution in [0.3, 0.4) is 0 Å². The second-order valence-corrected chi connectivity index (χ2v) is 7.31.